The molecule has 1 nitrogen and oxygen atoms in total. The molecule has 0 unspecified atom stereocenters. The van der Waals surface area contributed by atoms with Crippen LogP contribution in [0.3, 0.4) is 0 Å². The van der Waals surface area contributed by atoms with Crippen molar-refractivity contribution in [1.82, 2.24) is 0 Å². The van der Waals surface area contributed by atoms with Crippen molar-refractivity contribution < 1.29 is 4.74 Å². The molecular formula is C12H16BrClO. The number of ether oxygens (including phenoxy) is 1. The number of benzene rings is 1. The van der Waals surface area contributed by atoms with Crippen molar-refractivity contribution in [2.24, 2.45) is 5.92 Å². The molecule has 15 heavy (non-hydrogen) atoms. The standard InChI is InChI=1S/C12H16BrClO/c1-9(2)4-3-7-15-12-8-10(13)5-6-11(12)14/h5-6,8-9H,3-4,7H2,1-2H3. The molecule has 0 aliphatic carbocycles. The fourth-order valence-corrected chi connectivity index (χ4v) is 1.77. The van der Waals surface area contributed by atoms with Gasteiger partial charge in [0.15, 0.2) is 0 Å². The molecule has 0 amide bonds. The molecule has 0 atom stereocenters. The van der Waals surface area contributed by atoms with E-state index in [2.05, 4.69) is 29.8 Å². The maximum absolute atomic E-state index is 5.99. The van der Waals surface area contributed by atoms with Gasteiger partial charge in [-0.2, -0.15) is 0 Å². The number of hydrogen-bond acceptors (Lipinski definition) is 1. The van der Waals surface area contributed by atoms with Gasteiger partial charge in [0.05, 0.1) is 11.6 Å². The monoisotopic (exact) mass is 290 g/mol. The minimum atomic E-state index is 0.669. The summed E-state index contributed by atoms with van der Waals surface area (Å²) in [5.41, 5.74) is 0. The highest BCUT2D eigenvalue weighted by atomic mass is 79.9. The topological polar surface area (TPSA) is 9.23 Å². The van der Waals surface area contributed by atoms with Gasteiger partial charge in [-0.15, -0.1) is 0 Å². The van der Waals surface area contributed by atoms with Crippen LogP contribution < -0.4 is 4.74 Å². The van der Waals surface area contributed by atoms with Crippen LogP contribution >= 0.6 is 27.5 Å². The zero-order chi connectivity index (χ0) is 11.3. The van der Waals surface area contributed by atoms with E-state index in [0.29, 0.717) is 5.02 Å². The van der Waals surface area contributed by atoms with Gasteiger partial charge in [-0.05, 0) is 37.0 Å². The second-order valence-electron chi connectivity index (χ2n) is 3.96. The van der Waals surface area contributed by atoms with Gasteiger partial charge >= 0.3 is 0 Å². The van der Waals surface area contributed by atoms with Crippen molar-refractivity contribution in [2.75, 3.05) is 6.61 Å². The average Bonchev–Trinajstić information content (AvgIpc) is 2.17. The zero-order valence-corrected chi connectivity index (χ0v) is 11.4. The molecule has 1 aromatic carbocycles. The minimum Gasteiger partial charge on any atom is -0.492 e. The Morgan fingerprint density at radius 1 is 1.40 bits per heavy atom. The van der Waals surface area contributed by atoms with Crippen molar-refractivity contribution in [3.8, 4) is 5.75 Å². The summed E-state index contributed by atoms with van der Waals surface area (Å²) < 4.78 is 6.60. The Bertz CT molecular complexity index is 312. The van der Waals surface area contributed by atoms with Crippen LogP contribution in [0.2, 0.25) is 5.02 Å². The summed E-state index contributed by atoms with van der Waals surface area (Å²) in [5.74, 6) is 1.49. The van der Waals surface area contributed by atoms with Crippen molar-refractivity contribution >= 4 is 27.5 Å². The first-order valence-electron chi connectivity index (χ1n) is 5.17. The third-order valence-electron chi connectivity index (χ3n) is 2.08. The fraction of sp³-hybridized carbons (Fsp3) is 0.500. The van der Waals surface area contributed by atoms with Gasteiger partial charge in [-0.1, -0.05) is 41.4 Å². The minimum absolute atomic E-state index is 0.669. The predicted molar refractivity (Wildman–Crippen MR) is 68.7 cm³/mol. The van der Waals surface area contributed by atoms with Crippen LogP contribution in [-0.4, -0.2) is 6.61 Å². The van der Waals surface area contributed by atoms with Crippen molar-refractivity contribution in [3.63, 3.8) is 0 Å². The lowest BCUT2D eigenvalue weighted by Crippen LogP contribution is -1.99. The lowest BCUT2D eigenvalue weighted by atomic mass is 10.1. The first kappa shape index (κ1) is 12.9. The van der Waals surface area contributed by atoms with Crippen LogP contribution in [0.4, 0.5) is 0 Å². The van der Waals surface area contributed by atoms with Crippen LogP contribution in [0.25, 0.3) is 0 Å². The highest BCUT2D eigenvalue weighted by molar-refractivity contribution is 9.10. The SMILES string of the molecule is CC(C)CCCOc1cc(Br)ccc1Cl. The van der Waals surface area contributed by atoms with Gasteiger partial charge in [0.2, 0.25) is 0 Å². The van der Waals surface area contributed by atoms with Gasteiger partial charge < -0.3 is 4.74 Å². The van der Waals surface area contributed by atoms with Crippen molar-refractivity contribution in [3.05, 3.63) is 27.7 Å². The lowest BCUT2D eigenvalue weighted by molar-refractivity contribution is 0.298. The van der Waals surface area contributed by atoms with Gasteiger partial charge in [-0.3, -0.25) is 0 Å². The summed E-state index contributed by atoms with van der Waals surface area (Å²) in [7, 11) is 0. The molecule has 0 aromatic heterocycles. The van der Waals surface area contributed by atoms with E-state index in [4.69, 9.17) is 16.3 Å². The van der Waals surface area contributed by atoms with Crippen LogP contribution in [0.5, 0.6) is 5.75 Å². The average molecular weight is 292 g/mol. The zero-order valence-electron chi connectivity index (χ0n) is 9.09. The third kappa shape index (κ3) is 4.89. The number of halogens is 2. The highest BCUT2D eigenvalue weighted by Crippen LogP contribution is 2.28. The molecule has 0 heterocycles. The van der Waals surface area contributed by atoms with Crippen LogP contribution in [0, 0.1) is 5.92 Å². The van der Waals surface area contributed by atoms with Gasteiger partial charge in [-0.25, -0.2) is 0 Å². The molecule has 0 radical (unpaired) electrons. The number of hydrogen-bond donors (Lipinski definition) is 0. The third-order valence-corrected chi connectivity index (χ3v) is 2.88. The molecule has 0 saturated heterocycles. The van der Waals surface area contributed by atoms with Gasteiger partial charge in [0.25, 0.3) is 0 Å². The van der Waals surface area contributed by atoms with Gasteiger partial charge in [0, 0.05) is 4.47 Å². The van der Waals surface area contributed by atoms with Crippen LogP contribution in [0.1, 0.15) is 26.7 Å². The molecule has 0 aliphatic rings. The van der Waals surface area contributed by atoms with E-state index < -0.39 is 0 Å². The van der Waals surface area contributed by atoms with E-state index in [1.54, 1.807) is 0 Å². The van der Waals surface area contributed by atoms with E-state index in [-0.39, 0.29) is 0 Å². The Morgan fingerprint density at radius 3 is 2.80 bits per heavy atom. The maximum Gasteiger partial charge on any atom is 0.139 e. The van der Waals surface area contributed by atoms with E-state index in [9.17, 15) is 0 Å². The smallest absolute Gasteiger partial charge is 0.139 e. The molecular weight excluding hydrogens is 275 g/mol. The second kappa shape index (κ2) is 6.39. The summed E-state index contributed by atoms with van der Waals surface area (Å²) in [6.45, 7) is 5.16. The lowest BCUT2D eigenvalue weighted by Gasteiger charge is -2.09. The Morgan fingerprint density at radius 2 is 2.13 bits per heavy atom. The molecule has 0 spiro atoms. The Balaban J connectivity index is 2.40. The molecule has 0 N–H and O–H groups in total. The first-order chi connectivity index (χ1) is 7.09. The van der Waals surface area contributed by atoms with Gasteiger partial charge in [0.1, 0.15) is 5.75 Å². The molecule has 84 valence electrons. The van der Waals surface area contributed by atoms with Crippen LogP contribution in [-0.2, 0) is 0 Å². The van der Waals surface area contributed by atoms with E-state index in [1.165, 1.54) is 6.42 Å². The summed E-state index contributed by atoms with van der Waals surface area (Å²) in [6.07, 6.45) is 2.26. The molecule has 0 aliphatic heterocycles. The van der Waals surface area contributed by atoms with E-state index >= 15 is 0 Å². The summed E-state index contributed by atoms with van der Waals surface area (Å²) in [5, 5.41) is 0.669. The first-order valence-corrected chi connectivity index (χ1v) is 6.34. The molecule has 0 fully saturated rings. The largest absolute Gasteiger partial charge is 0.492 e. The van der Waals surface area contributed by atoms with Crippen molar-refractivity contribution in [2.45, 2.75) is 26.7 Å². The van der Waals surface area contributed by atoms with E-state index in [1.807, 2.05) is 18.2 Å². The fourth-order valence-electron chi connectivity index (χ4n) is 1.26. The Kier molecular flexibility index (Phi) is 5.48. The highest BCUT2D eigenvalue weighted by Gasteiger charge is 2.02. The van der Waals surface area contributed by atoms with Crippen molar-refractivity contribution in [1.29, 1.82) is 0 Å². The van der Waals surface area contributed by atoms with Crippen LogP contribution in [0.15, 0.2) is 22.7 Å². The number of rotatable bonds is 5. The summed E-state index contributed by atoms with van der Waals surface area (Å²) in [4.78, 5) is 0. The summed E-state index contributed by atoms with van der Waals surface area (Å²) in [6, 6.07) is 5.64. The normalized spacial score (nSPS) is 10.7. The molecule has 3 heteroatoms. The maximum atomic E-state index is 5.99. The predicted octanol–water partition coefficient (Wildman–Crippen LogP) is 4.92. The quantitative estimate of drug-likeness (QED) is 0.700. The Labute approximate surface area is 105 Å². The van der Waals surface area contributed by atoms with E-state index in [0.717, 1.165) is 29.2 Å². The molecule has 1 aromatic rings. The Hall–Kier alpha value is -0.210. The molecule has 0 saturated carbocycles. The summed E-state index contributed by atoms with van der Waals surface area (Å²) >= 11 is 9.38. The molecule has 0 bridgehead atoms. The molecule has 1 rings (SSSR count). The second-order valence-corrected chi connectivity index (χ2v) is 5.28.